The smallest absolute Gasteiger partial charge is 0.329 e. The average Bonchev–Trinajstić information content (AvgIpc) is 2.75. The first kappa shape index (κ1) is 20.2. The van der Waals surface area contributed by atoms with Crippen molar-refractivity contribution in [3.05, 3.63) is 94.0 Å². The van der Waals surface area contributed by atoms with Crippen molar-refractivity contribution in [3.8, 4) is 0 Å². The van der Waals surface area contributed by atoms with E-state index in [-0.39, 0.29) is 27.8 Å². The predicted molar refractivity (Wildman–Crippen MR) is 117 cm³/mol. The molecule has 0 saturated carbocycles. The van der Waals surface area contributed by atoms with E-state index in [9.17, 15) is 14.7 Å². The third kappa shape index (κ3) is 3.50. The summed E-state index contributed by atoms with van der Waals surface area (Å²) in [5.74, 6) is -0.750. The summed E-state index contributed by atoms with van der Waals surface area (Å²) in [4.78, 5) is 27.2. The van der Waals surface area contributed by atoms with Gasteiger partial charge < -0.3 is 15.7 Å². The number of nitrogens with one attached hydrogen (secondary N) is 2. The number of hydrogen-bond donors (Lipinski definition) is 3. The van der Waals surface area contributed by atoms with E-state index in [1.54, 1.807) is 24.3 Å². The van der Waals surface area contributed by atoms with Crippen LogP contribution >= 0.6 is 23.2 Å². The molecule has 0 bridgehead atoms. The van der Waals surface area contributed by atoms with Crippen LogP contribution in [0.5, 0.6) is 0 Å². The molecule has 30 heavy (non-hydrogen) atoms. The van der Waals surface area contributed by atoms with E-state index in [1.807, 2.05) is 30.3 Å². The summed E-state index contributed by atoms with van der Waals surface area (Å²) in [6, 6.07) is 19.6. The zero-order valence-corrected chi connectivity index (χ0v) is 17.1. The molecular weight excluding hydrogens is 425 g/mol. The van der Waals surface area contributed by atoms with Gasteiger partial charge in [0.2, 0.25) is 0 Å². The molecule has 0 aromatic heterocycles. The Morgan fingerprint density at radius 2 is 1.70 bits per heavy atom. The third-order valence-corrected chi connectivity index (χ3v) is 5.58. The monoisotopic (exact) mass is 441 g/mol. The second-order valence-corrected chi connectivity index (χ2v) is 7.56. The minimum absolute atomic E-state index is 0.182. The third-order valence-electron chi connectivity index (χ3n) is 4.84. The number of benzene rings is 3. The van der Waals surface area contributed by atoms with Gasteiger partial charge in [0.25, 0.3) is 11.6 Å². The SMILES string of the molecule is O=C1Nc2ccccc2[C@@](O)(C(=O)NCc2ccccc2)N1c1ccc(Cl)c(Cl)c1. The van der Waals surface area contributed by atoms with Crippen molar-refractivity contribution in [1.82, 2.24) is 5.32 Å². The molecule has 0 saturated heterocycles. The van der Waals surface area contributed by atoms with Crippen LogP contribution in [0.15, 0.2) is 72.8 Å². The first-order valence-corrected chi connectivity index (χ1v) is 9.87. The molecule has 1 heterocycles. The van der Waals surface area contributed by atoms with Crippen LogP contribution in [-0.2, 0) is 17.1 Å². The lowest BCUT2D eigenvalue weighted by Gasteiger charge is -2.42. The zero-order chi connectivity index (χ0) is 21.3. The highest BCUT2D eigenvalue weighted by Crippen LogP contribution is 2.41. The van der Waals surface area contributed by atoms with E-state index in [0.29, 0.717) is 5.69 Å². The van der Waals surface area contributed by atoms with Crippen LogP contribution in [0.4, 0.5) is 16.2 Å². The molecule has 0 fully saturated rings. The number of hydrogen-bond acceptors (Lipinski definition) is 3. The maximum Gasteiger partial charge on any atom is 0.329 e. The van der Waals surface area contributed by atoms with Gasteiger partial charge in [-0.1, -0.05) is 71.7 Å². The maximum absolute atomic E-state index is 13.3. The molecule has 3 amide bonds. The van der Waals surface area contributed by atoms with E-state index in [2.05, 4.69) is 10.6 Å². The minimum atomic E-state index is -2.30. The predicted octanol–water partition coefficient (Wildman–Crippen LogP) is 4.51. The Balaban J connectivity index is 1.78. The topological polar surface area (TPSA) is 81.7 Å². The first-order valence-electron chi connectivity index (χ1n) is 9.11. The Morgan fingerprint density at radius 1 is 1.00 bits per heavy atom. The van der Waals surface area contributed by atoms with E-state index in [4.69, 9.17) is 23.2 Å². The minimum Gasteiger partial charge on any atom is -0.359 e. The molecule has 0 spiro atoms. The van der Waals surface area contributed by atoms with Crippen LogP contribution in [0.25, 0.3) is 0 Å². The molecule has 4 rings (SSSR count). The van der Waals surface area contributed by atoms with Gasteiger partial charge in [0.15, 0.2) is 0 Å². The summed E-state index contributed by atoms with van der Waals surface area (Å²) in [5, 5.41) is 17.6. The molecular formula is C22H17Cl2N3O3. The number of anilines is 2. The first-order chi connectivity index (χ1) is 14.4. The Kier molecular flexibility index (Phi) is 5.39. The van der Waals surface area contributed by atoms with Crippen LogP contribution < -0.4 is 15.5 Å². The normalized spacial score (nSPS) is 17.8. The fourth-order valence-corrected chi connectivity index (χ4v) is 3.68. The lowest BCUT2D eigenvalue weighted by atomic mass is 9.94. The fraction of sp³-hybridized carbons (Fsp3) is 0.0909. The van der Waals surface area contributed by atoms with E-state index >= 15 is 0 Å². The number of nitrogens with zero attached hydrogens (tertiary/aromatic N) is 1. The summed E-state index contributed by atoms with van der Waals surface area (Å²) in [7, 11) is 0. The van der Waals surface area contributed by atoms with Gasteiger partial charge in [-0.05, 0) is 29.8 Å². The largest absolute Gasteiger partial charge is 0.359 e. The molecule has 1 atom stereocenters. The second-order valence-electron chi connectivity index (χ2n) is 6.75. The van der Waals surface area contributed by atoms with Gasteiger partial charge in [-0.15, -0.1) is 0 Å². The average molecular weight is 442 g/mol. The molecule has 8 heteroatoms. The molecule has 6 nitrogen and oxygen atoms in total. The lowest BCUT2D eigenvalue weighted by Crippen LogP contribution is -2.62. The summed E-state index contributed by atoms with van der Waals surface area (Å²) in [6.07, 6.45) is 0. The number of amides is 3. The van der Waals surface area contributed by atoms with Crippen LogP contribution in [0.3, 0.4) is 0 Å². The molecule has 0 radical (unpaired) electrons. The molecule has 152 valence electrons. The van der Waals surface area contributed by atoms with Crippen molar-refractivity contribution in [2.75, 3.05) is 10.2 Å². The standard InChI is InChI=1S/C22H17Cl2N3O3/c23-17-11-10-15(12-18(17)24)27-21(29)26-19-9-5-4-8-16(19)22(27,30)20(28)25-13-14-6-2-1-3-7-14/h1-12,30H,13H2,(H,25,28)(H,26,29)/t22-/m1/s1. The highest BCUT2D eigenvalue weighted by Gasteiger charge is 2.51. The Labute approximate surface area is 183 Å². The number of urea groups is 1. The van der Waals surface area contributed by atoms with Gasteiger partial charge in [-0.25, -0.2) is 4.79 Å². The van der Waals surface area contributed by atoms with Crippen molar-refractivity contribution in [2.45, 2.75) is 12.3 Å². The number of fused-ring (bicyclic) bond motifs is 1. The van der Waals surface area contributed by atoms with Crippen molar-refractivity contribution < 1.29 is 14.7 Å². The van der Waals surface area contributed by atoms with Gasteiger partial charge >= 0.3 is 6.03 Å². The summed E-state index contributed by atoms with van der Waals surface area (Å²) in [6.45, 7) is 0.182. The fourth-order valence-electron chi connectivity index (χ4n) is 3.39. The van der Waals surface area contributed by atoms with Crippen molar-refractivity contribution >= 4 is 46.5 Å². The zero-order valence-electron chi connectivity index (χ0n) is 15.6. The Bertz CT molecular complexity index is 1120. The number of carbonyl (C=O) groups is 2. The number of carbonyl (C=O) groups excluding carboxylic acids is 2. The van der Waals surface area contributed by atoms with Crippen LogP contribution in [0, 0.1) is 0 Å². The quantitative estimate of drug-likeness (QED) is 0.556. The highest BCUT2D eigenvalue weighted by atomic mass is 35.5. The van der Waals surface area contributed by atoms with Crippen molar-refractivity contribution in [3.63, 3.8) is 0 Å². The van der Waals surface area contributed by atoms with Crippen LogP contribution in [-0.4, -0.2) is 17.0 Å². The highest BCUT2D eigenvalue weighted by molar-refractivity contribution is 6.42. The lowest BCUT2D eigenvalue weighted by molar-refractivity contribution is -0.140. The number of aliphatic hydroxyl groups is 1. The molecule has 3 N–H and O–H groups in total. The molecule has 0 unspecified atom stereocenters. The van der Waals surface area contributed by atoms with Gasteiger partial charge in [-0.3, -0.25) is 9.69 Å². The van der Waals surface area contributed by atoms with E-state index in [0.717, 1.165) is 10.5 Å². The second kappa shape index (κ2) is 7.99. The van der Waals surface area contributed by atoms with E-state index < -0.39 is 17.7 Å². The molecule has 1 aliphatic heterocycles. The molecule has 0 aliphatic carbocycles. The van der Waals surface area contributed by atoms with Gasteiger partial charge in [0, 0.05) is 12.1 Å². The Morgan fingerprint density at radius 3 is 2.43 bits per heavy atom. The van der Waals surface area contributed by atoms with Crippen molar-refractivity contribution in [1.29, 1.82) is 0 Å². The van der Waals surface area contributed by atoms with E-state index in [1.165, 1.54) is 18.2 Å². The number of para-hydroxylation sites is 1. The number of rotatable bonds is 4. The molecule has 3 aromatic carbocycles. The maximum atomic E-state index is 13.3. The van der Waals surface area contributed by atoms with Crippen LogP contribution in [0.1, 0.15) is 11.1 Å². The molecule has 3 aromatic rings. The summed E-state index contributed by atoms with van der Waals surface area (Å²) in [5.41, 5.74) is -0.652. The molecule has 1 aliphatic rings. The Hall–Kier alpha value is -3.06. The summed E-state index contributed by atoms with van der Waals surface area (Å²) < 4.78 is 0. The van der Waals surface area contributed by atoms with Gasteiger partial charge in [-0.2, -0.15) is 0 Å². The van der Waals surface area contributed by atoms with Crippen molar-refractivity contribution in [2.24, 2.45) is 0 Å². The van der Waals surface area contributed by atoms with Crippen LogP contribution in [0.2, 0.25) is 10.0 Å². The number of halogens is 2. The van der Waals surface area contributed by atoms with Gasteiger partial charge in [0.1, 0.15) is 0 Å². The van der Waals surface area contributed by atoms with Gasteiger partial charge in [0.05, 0.1) is 21.4 Å². The summed E-state index contributed by atoms with van der Waals surface area (Å²) >= 11 is 12.1.